The molecule has 0 bridgehead atoms. The summed E-state index contributed by atoms with van der Waals surface area (Å²) in [5, 5.41) is 12.5. The fourth-order valence-corrected chi connectivity index (χ4v) is 6.85. The van der Waals surface area contributed by atoms with Crippen LogP contribution in [0.1, 0.15) is 86.8 Å². The lowest BCUT2D eigenvalue weighted by atomic mass is 9.85. The second-order valence-electron chi connectivity index (χ2n) is 17.2. The molecule has 0 radical (unpaired) electrons. The topological polar surface area (TPSA) is 186 Å². The molecule has 1 aliphatic carbocycles. The minimum atomic E-state index is -3.46. The number of carbonyl (C=O) groups excluding carboxylic acids is 7. The fraction of sp³-hybridized carbons (Fsp3) is 0.658. The number of piperidine rings is 1. The summed E-state index contributed by atoms with van der Waals surface area (Å²) in [6, 6.07) is 2.38. The van der Waals surface area contributed by atoms with Gasteiger partial charge in [-0.05, 0) is 49.0 Å². The molecule has 14 nitrogen and oxygen atoms in total. The van der Waals surface area contributed by atoms with Gasteiger partial charge in [0.2, 0.25) is 35.3 Å². The van der Waals surface area contributed by atoms with Crippen LogP contribution >= 0.6 is 0 Å². The zero-order valence-corrected chi connectivity index (χ0v) is 33.2. The van der Waals surface area contributed by atoms with Crippen molar-refractivity contribution in [1.29, 1.82) is 0 Å². The lowest BCUT2D eigenvalue weighted by molar-refractivity contribution is -0.146. The number of fused-ring (bicyclic) bond motifs is 1. The number of alkyl halides is 2. The van der Waals surface area contributed by atoms with Crippen LogP contribution in [0, 0.1) is 22.7 Å². The van der Waals surface area contributed by atoms with Crippen LogP contribution in [-0.2, 0) is 28.8 Å². The molecule has 1 aromatic rings. The number of halogens is 2. The first-order valence-electron chi connectivity index (χ1n) is 18.2. The maximum atomic E-state index is 14.9. The Bertz CT molecular complexity index is 1600. The number of carbonyl (C=O) groups is 7. The van der Waals surface area contributed by atoms with Crippen molar-refractivity contribution in [3.63, 3.8) is 0 Å². The minimum absolute atomic E-state index is 0.117. The number of nitrogens with zero attached hydrogens (tertiary/aromatic N) is 2. The highest BCUT2D eigenvalue weighted by Crippen LogP contribution is 2.65. The van der Waals surface area contributed by atoms with Crippen LogP contribution in [-0.4, -0.2) is 108 Å². The van der Waals surface area contributed by atoms with E-state index in [1.165, 1.54) is 30.8 Å². The van der Waals surface area contributed by atoms with E-state index in [2.05, 4.69) is 26.6 Å². The summed E-state index contributed by atoms with van der Waals surface area (Å²) >= 11 is 0. The predicted octanol–water partition coefficient (Wildman–Crippen LogP) is 2.53. The van der Waals surface area contributed by atoms with E-state index < -0.39 is 107 Å². The Labute approximate surface area is 316 Å². The molecule has 1 unspecified atom stereocenters. The van der Waals surface area contributed by atoms with Gasteiger partial charge in [0.05, 0.1) is 6.54 Å². The number of benzene rings is 1. The van der Waals surface area contributed by atoms with Gasteiger partial charge in [0, 0.05) is 39.0 Å². The van der Waals surface area contributed by atoms with Gasteiger partial charge < -0.3 is 36.4 Å². The van der Waals surface area contributed by atoms with Crippen molar-refractivity contribution in [3.8, 4) is 0 Å². The summed E-state index contributed by atoms with van der Waals surface area (Å²) in [7, 11) is 3.01. The molecule has 3 rings (SSSR count). The number of hydrogen-bond donors (Lipinski definition) is 5. The van der Waals surface area contributed by atoms with Crippen molar-refractivity contribution in [2.24, 2.45) is 22.7 Å². The highest BCUT2D eigenvalue weighted by molar-refractivity contribution is 6.38. The molecule has 54 heavy (non-hydrogen) atoms. The number of rotatable bonds is 14. The van der Waals surface area contributed by atoms with Crippen LogP contribution in [0.25, 0.3) is 0 Å². The monoisotopic (exact) mass is 761 g/mol. The normalized spacial score (nSPS) is 20.7. The van der Waals surface area contributed by atoms with Gasteiger partial charge >= 0.3 is 6.03 Å². The number of likely N-dealkylation sites (tertiary alicyclic amines) is 1. The molecule has 16 heteroatoms. The Balaban J connectivity index is 1.82. The van der Waals surface area contributed by atoms with Crippen molar-refractivity contribution in [2.75, 3.05) is 27.2 Å². The quantitative estimate of drug-likeness (QED) is 0.180. The zero-order valence-electron chi connectivity index (χ0n) is 33.2. The highest BCUT2D eigenvalue weighted by Gasteiger charge is 2.70. The highest BCUT2D eigenvalue weighted by atomic mass is 19.3. The first-order chi connectivity index (χ1) is 24.7. The molecular formula is C38H57F2N7O7. The number of ketones is 1. The van der Waals surface area contributed by atoms with Gasteiger partial charge in [-0.2, -0.15) is 0 Å². The molecule has 0 aromatic heterocycles. The van der Waals surface area contributed by atoms with E-state index in [0.717, 1.165) is 0 Å². The van der Waals surface area contributed by atoms with Crippen molar-refractivity contribution in [3.05, 3.63) is 35.9 Å². The first-order valence-corrected chi connectivity index (χ1v) is 18.2. The van der Waals surface area contributed by atoms with E-state index in [9.17, 15) is 42.3 Å². The molecule has 6 atom stereocenters. The second kappa shape index (κ2) is 16.4. The van der Waals surface area contributed by atoms with Gasteiger partial charge in [-0.15, -0.1) is 0 Å². The van der Waals surface area contributed by atoms with Gasteiger partial charge in [0.1, 0.15) is 24.2 Å². The van der Waals surface area contributed by atoms with Gasteiger partial charge in [-0.3, -0.25) is 28.8 Å². The zero-order chi connectivity index (χ0) is 41.1. The number of amides is 7. The van der Waals surface area contributed by atoms with Crippen molar-refractivity contribution in [2.45, 2.75) is 111 Å². The average molecular weight is 762 g/mol. The predicted molar refractivity (Wildman–Crippen MR) is 197 cm³/mol. The number of hydrogen-bond acceptors (Lipinski definition) is 7. The number of nitrogens with one attached hydrogen (secondary N) is 5. The largest absolute Gasteiger partial charge is 0.347 e. The third-order valence-corrected chi connectivity index (χ3v) is 10.0. The lowest BCUT2D eigenvalue weighted by Gasteiger charge is -2.38. The van der Waals surface area contributed by atoms with Crippen molar-refractivity contribution >= 4 is 41.4 Å². The van der Waals surface area contributed by atoms with Crippen LogP contribution in [0.5, 0.6) is 0 Å². The van der Waals surface area contributed by atoms with Gasteiger partial charge in [-0.1, -0.05) is 71.9 Å². The molecule has 5 N–H and O–H groups in total. The van der Waals surface area contributed by atoms with Crippen LogP contribution in [0.2, 0.25) is 0 Å². The summed E-state index contributed by atoms with van der Waals surface area (Å²) in [6.07, 6.45) is -1.91. The standard InChI is InChI=1S/C38H57F2N7O7/c1-12-38(39,40)18-23(28(49)31(51)41-19-24(48)43-26(32(52)46(10)11)21-16-14-13-15-17-21)42-30(50)27-25-22(37(25,8)9)20-47(27)33(53)29(35(2,3)4)44-34(54)45-36(5,6)7/h13-17,22-23,25-27,29H,12,18-20H2,1-11H3,(H,41,51)(H,42,50)(H,43,48)(H2,44,45,54)/t22-,23?,25-,26-,27-,29+/m0/s1. The SMILES string of the molecule is CCC(F)(F)CC(NC(=O)[C@@H]1[C@@H]2[C@H](CN1C(=O)[C@@H](NC(=O)NC(C)(C)C)C(C)(C)C)C2(C)C)C(=O)C(=O)NCC(=O)N[C@H](C(=O)N(C)C)c1ccccc1. The number of Topliss-reactive ketones (excluding diaryl/α,β-unsaturated/α-hetero) is 1. The van der Waals surface area contributed by atoms with E-state index in [0.29, 0.717) is 5.56 Å². The van der Waals surface area contributed by atoms with E-state index in [1.54, 1.807) is 71.9 Å². The Morgan fingerprint density at radius 1 is 0.926 bits per heavy atom. The lowest BCUT2D eigenvalue weighted by Crippen LogP contribution is -2.62. The maximum absolute atomic E-state index is 14.9. The Morgan fingerprint density at radius 2 is 1.52 bits per heavy atom. The summed E-state index contributed by atoms with van der Waals surface area (Å²) in [6.45, 7) is 15.0. The Morgan fingerprint density at radius 3 is 2.04 bits per heavy atom. The first kappa shape index (κ1) is 43.8. The molecule has 1 aliphatic heterocycles. The van der Waals surface area contributed by atoms with E-state index in [-0.39, 0.29) is 18.4 Å². The van der Waals surface area contributed by atoms with E-state index in [1.807, 2.05) is 13.8 Å². The van der Waals surface area contributed by atoms with Gasteiger partial charge in [0.25, 0.3) is 5.91 Å². The summed E-state index contributed by atoms with van der Waals surface area (Å²) in [5.74, 6) is -9.51. The van der Waals surface area contributed by atoms with Crippen LogP contribution in [0.15, 0.2) is 30.3 Å². The molecule has 1 aromatic carbocycles. The van der Waals surface area contributed by atoms with Crippen LogP contribution in [0.3, 0.4) is 0 Å². The summed E-state index contributed by atoms with van der Waals surface area (Å²) < 4.78 is 29.7. The maximum Gasteiger partial charge on any atom is 0.315 e. The molecule has 300 valence electrons. The molecule has 1 heterocycles. The molecule has 7 amide bonds. The van der Waals surface area contributed by atoms with E-state index in [4.69, 9.17) is 0 Å². The summed E-state index contributed by atoms with van der Waals surface area (Å²) in [4.78, 5) is 96.0. The Kier molecular flexibility index (Phi) is 13.3. The fourth-order valence-electron chi connectivity index (χ4n) is 6.85. The van der Waals surface area contributed by atoms with Gasteiger partial charge in [0.15, 0.2) is 0 Å². The smallest absolute Gasteiger partial charge is 0.315 e. The molecule has 2 fully saturated rings. The third kappa shape index (κ3) is 10.7. The van der Waals surface area contributed by atoms with Crippen molar-refractivity contribution in [1.82, 2.24) is 36.4 Å². The summed E-state index contributed by atoms with van der Waals surface area (Å²) in [5.41, 5.74) is -1.33. The molecule has 1 saturated heterocycles. The molecule has 2 aliphatic rings. The molecular weight excluding hydrogens is 704 g/mol. The van der Waals surface area contributed by atoms with Crippen LogP contribution < -0.4 is 26.6 Å². The number of urea groups is 1. The Hall–Kier alpha value is -4.63. The van der Waals surface area contributed by atoms with E-state index >= 15 is 0 Å². The minimum Gasteiger partial charge on any atom is -0.347 e. The molecule has 1 saturated carbocycles. The average Bonchev–Trinajstić information content (AvgIpc) is 3.37. The molecule has 0 spiro atoms. The van der Waals surface area contributed by atoms with Crippen LogP contribution in [0.4, 0.5) is 13.6 Å². The third-order valence-electron chi connectivity index (χ3n) is 10.0. The number of likely N-dealkylation sites (N-methyl/N-ethyl adjacent to an activating group) is 1. The van der Waals surface area contributed by atoms with Crippen molar-refractivity contribution < 1.29 is 42.3 Å². The van der Waals surface area contributed by atoms with Gasteiger partial charge in [-0.25, -0.2) is 13.6 Å². The second-order valence-corrected chi connectivity index (χ2v) is 17.2.